The largest absolute Gasteiger partial charge is 0.508 e. The predicted octanol–water partition coefficient (Wildman–Crippen LogP) is 8.69. The van der Waals surface area contributed by atoms with Gasteiger partial charge in [0, 0.05) is 57.4 Å². The van der Waals surface area contributed by atoms with Crippen molar-refractivity contribution in [2.24, 2.45) is 11.8 Å². The van der Waals surface area contributed by atoms with Gasteiger partial charge in [-0.05, 0) is 86.4 Å². The van der Waals surface area contributed by atoms with Gasteiger partial charge in [0.05, 0.1) is 11.8 Å². The molecule has 0 aromatic heterocycles. The summed E-state index contributed by atoms with van der Waals surface area (Å²) >= 11 is 0. The zero-order valence-electron chi connectivity index (χ0n) is 26.7. The van der Waals surface area contributed by atoms with Crippen LogP contribution in [0, 0.1) is 17.7 Å². The number of rotatable bonds is 5. The Morgan fingerprint density at radius 2 is 1.83 bits per heavy atom. The Morgan fingerprint density at radius 1 is 1.10 bits per heavy atom. The van der Waals surface area contributed by atoms with Gasteiger partial charge in [0.15, 0.2) is 0 Å². The summed E-state index contributed by atoms with van der Waals surface area (Å²) in [4.78, 5) is 4.19. The molecule has 3 aliphatic heterocycles. The number of hydrogen-bond acceptors (Lipinski definition) is 5. The third-order valence-corrected chi connectivity index (χ3v) is 7.63. The molecule has 2 aromatic rings. The van der Waals surface area contributed by atoms with Crippen LogP contribution in [0.2, 0.25) is 0 Å². The lowest BCUT2D eigenvalue weighted by Gasteiger charge is -2.33. The Morgan fingerprint density at radius 3 is 2.32 bits per heavy atom. The van der Waals surface area contributed by atoms with E-state index in [9.17, 15) is 9.50 Å². The van der Waals surface area contributed by atoms with E-state index in [4.69, 9.17) is 4.74 Å². The molecule has 0 spiro atoms. The molecule has 0 aliphatic carbocycles. The molecule has 2 fully saturated rings. The summed E-state index contributed by atoms with van der Waals surface area (Å²) in [5, 5.41) is 9.65. The molecule has 230 valence electrons. The van der Waals surface area contributed by atoms with Crippen LogP contribution in [0.1, 0.15) is 84.3 Å². The van der Waals surface area contributed by atoms with E-state index in [0.717, 1.165) is 67.5 Å². The zero-order valence-corrected chi connectivity index (χ0v) is 26.7. The van der Waals surface area contributed by atoms with E-state index in [1.54, 1.807) is 32.4 Å². The average Bonchev–Trinajstić information content (AvgIpc) is 3.59. The molecule has 41 heavy (non-hydrogen) atoms. The molecule has 0 bridgehead atoms. The molecule has 2 aromatic carbocycles. The molecule has 5 nitrogen and oxygen atoms in total. The van der Waals surface area contributed by atoms with Gasteiger partial charge in [-0.1, -0.05) is 53.5 Å². The maximum Gasteiger partial charge on any atom is 0.148 e. The van der Waals surface area contributed by atoms with Gasteiger partial charge in [-0.15, -0.1) is 0 Å². The van der Waals surface area contributed by atoms with Crippen LogP contribution in [0.4, 0.5) is 15.8 Å². The third kappa shape index (κ3) is 11.3. The van der Waals surface area contributed by atoms with E-state index < -0.39 is 0 Å². The minimum absolute atomic E-state index is 0.170. The first kappa shape index (κ1) is 34.6. The van der Waals surface area contributed by atoms with Gasteiger partial charge in [-0.25, -0.2) is 4.39 Å². The van der Waals surface area contributed by atoms with Gasteiger partial charge in [0.2, 0.25) is 0 Å². The van der Waals surface area contributed by atoms with Crippen molar-refractivity contribution in [3.8, 4) is 5.75 Å². The van der Waals surface area contributed by atoms with Crippen LogP contribution < -0.4 is 9.80 Å². The standard InChI is InChI=1S/C21H23FN2O.C7H16.C5H10O.C2H6O/c1-14-7-9-23(13-14)21-6-3-17(12-20(21)22)24-10-8-16-11-18(25)4-5-19(16)15(24)2;1-4-5-6-7(2)3;1-5-3-2-4-6-5;1-3-2/h3-6,11-12,14,25H,2,7-10,13H2,1H3;7H,4-6H2,1-3H3;5H,2-4H2,1H3;1-2H3/t;;5-;/m..1./s1. The van der Waals surface area contributed by atoms with Crippen molar-refractivity contribution in [2.45, 2.75) is 85.7 Å². The molecule has 0 saturated carbocycles. The maximum absolute atomic E-state index is 14.7. The number of phenolic OH excluding ortho intramolecular Hbond substituents is 1. The smallest absolute Gasteiger partial charge is 0.148 e. The van der Waals surface area contributed by atoms with Crippen molar-refractivity contribution in [1.29, 1.82) is 0 Å². The number of halogens is 1. The molecule has 3 heterocycles. The summed E-state index contributed by atoms with van der Waals surface area (Å²) in [6.07, 6.45) is 9.14. The summed E-state index contributed by atoms with van der Waals surface area (Å²) < 4.78 is 24.1. The van der Waals surface area contributed by atoms with Crippen molar-refractivity contribution < 1.29 is 19.0 Å². The predicted molar refractivity (Wildman–Crippen MR) is 173 cm³/mol. The minimum atomic E-state index is -0.170. The van der Waals surface area contributed by atoms with Gasteiger partial charge < -0.3 is 24.4 Å². The van der Waals surface area contributed by atoms with Crippen LogP contribution in [-0.2, 0) is 15.9 Å². The molecule has 2 saturated heterocycles. The summed E-state index contributed by atoms with van der Waals surface area (Å²) in [5.41, 5.74) is 4.48. The third-order valence-electron chi connectivity index (χ3n) is 7.63. The fourth-order valence-electron chi connectivity index (χ4n) is 5.29. The number of aromatic hydroxyl groups is 1. The normalized spacial score (nSPS) is 19.5. The number of anilines is 2. The average molecular weight is 571 g/mol. The van der Waals surface area contributed by atoms with Gasteiger partial charge in [-0.2, -0.15) is 0 Å². The minimum Gasteiger partial charge on any atom is -0.508 e. The number of benzene rings is 2. The summed E-state index contributed by atoms with van der Waals surface area (Å²) in [6.45, 7) is 18.9. The highest BCUT2D eigenvalue weighted by atomic mass is 19.1. The fraction of sp³-hybridized carbons (Fsp3) is 0.600. The lowest BCUT2D eigenvalue weighted by molar-refractivity contribution is 0.125. The summed E-state index contributed by atoms with van der Waals surface area (Å²) in [7, 11) is 3.25. The second-order valence-electron chi connectivity index (χ2n) is 11.9. The van der Waals surface area contributed by atoms with Gasteiger partial charge in [0.1, 0.15) is 11.6 Å². The molecule has 5 rings (SSSR count). The van der Waals surface area contributed by atoms with Gasteiger partial charge >= 0.3 is 0 Å². The van der Waals surface area contributed by atoms with Crippen LogP contribution in [0.15, 0.2) is 43.0 Å². The van der Waals surface area contributed by atoms with Crippen molar-refractivity contribution >= 4 is 17.1 Å². The Balaban J connectivity index is 0.000000301. The van der Waals surface area contributed by atoms with Crippen LogP contribution in [0.5, 0.6) is 5.75 Å². The molecule has 1 N–H and O–H groups in total. The van der Waals surface area contributed by atoms with E-state index in [1.165, 1.54) is 32.1 Å². The number of fused-ring (bicyclic) bond motifs is 1. The molecule has 0 amide bonds. The topological polar surface area (TPSA) is 45.2 Å². The van der Waals surface area contributed by atoms with E-state index in [2.05, 4.69) is 55.7 Å². The Labute approximate surface area is 249 Å². The van der Waals surface area contributed by atoms with Crippen molar-refractivity contribution in [2.75, 3.05) is 50.3 Å². The van der Waals surface area contributed by atoms with E-state index in [0.29, 0.717) is 17.7 Å². The van der Waals surface area contributed by atoms with Crippen molar-refractivity contribution in [3.63, 3.8) is 0 Å². The lowest BCUT2D eigenvalue weighted by atomic mass is 9.96. The van der Waals surface area contributed by atoms with Crippen LogP contribution >= 0.6 is 0 Å². The molecule has 2 atom stereocenters. The summed E-state index contributed by atoms with van der Waals surface area (Å²) in [5.74, 6) is 1.62. The molecular weight excluding hydrogens is 515 g/mol. The fourth-order valence-corrected chi connectivity index (χ4v) is 5.29. The summed E-state index contributed by atoms with van der Waals surface area (Å²) in [6, 6.07) is 10.8. The number of hydrogen-bond donors (Lipinski definition) is 1. The van der Waals surface area contributed by atoms with Crippen LogP contribution in [-0.4, -0.2) is 51.7 Å². The van der Waals surface area contributed by atoms with E-state index in [1.807, 2.05) is 18.2 Å². The van der Waals surface area contributed by atoms with Crippen molar-refractivity contribution in [3.05, 3.63) is 59.9 Å². The number of unbranched alkanes of at least 4 members (excludes halogenated alkanes) is 1. The van der Waals surface area contributed by atoms with Gasteiger partial charge in [-0.3, -0.25) is 0 Å². The number of phenols is 1. The Kier molecular flexibility index (Phi) is 15.3. The monoisotopic (exact) mass is 570 g/mol. The second-order valence-corrected chi connectivity index (χ2v) is 11.9. The highest BCUT2D eigenvalue weighted by Crippen LogP contribution is 2.36. The Hall–Kier alpha value is -2.57. The number of ether oxygens (including phenoxy) is 2. The molecule has 0 radical (unpaired) electrons. The first-order chi connectivity index (χ1) is 19.6. The molecule has 3 aliphatic rings. The number of methoxy groups -OCH3 is 1. The molecular formula is C35H55FN2O3. The highest BCUT2D eigenvalue weighted by molar-refractivity contribution is 5.82. The number of nitrogens with zero attached hydrogens (tertiary/aromatic N) is 2. The lowest BCUT2D eigenvalue weighted by Crippen LogP contribution is -2.29. The van der Waals surface area contributed by atoms with E-state index in [-0.39, 0.29) is 11.6 Å². The first-order valence-electron chi connectivity index (χ1n) is 15.5. The first-order valence-corrected chi connectivity index (χ1v) is 15.5. The van der Waals surface area contributed by atoms with Crippen LogP contribution in [0.3, 0.4) is 0 Å². The molecule has 6 heteroatoms. The maximum atomic E-state index is 14.7. The van der Waals surface area contributed by atoms with E-state index >= 15 is 0 Å². The zero-order chi connectivity index (χ0) is 30.4. The highest BCUT2D eigenvalue weighted by Gasteiger charge is 2.24. The SMILES string of the molecule is C=C1c2ccc(O)cc2CCN1c1ccc(N2CCC(C)C2)c(F)c1.CCCCC(C)C.COC.C[C@@H]1CCCO1. The second kappa shape index (κ2) is 18.1. The van der Waals surface area contributed by atoms with Crippen molar-refractivity contribution in [1.82, 2.24) is 0 Å². The van der Waals surface area contributed by atoms with Gasteiger partial charge in [0.25, 0.3) is 0 Å². The van der Waals surface area contributed by atoms with Crippen LogP contribution in [0.25, 0.3) is 5.70 Å². The molecule has 1 unspecified atom stereocenters. The Bertz CT molecular complexity index is 1050. The quantitative estimate of drug-likeness (QED) is 0.390.